The Kier molecular flexibility index (Phi) is 4.95. The molecule has 1 N–H and O–H groups in total. The third-order valence-electron chi connectivity index (χ3n) is 2.58. The maximum absolute atomic E-state index is 11.2. The van der Waals surface area contributed by atoms with Crippen molar-refractivity contribution in [3.8, 4) is 0 Å². The van der Waals surface area contributed by atoms with Crippen LogP contribution in [-0.4, -0.2) is 24.0 Å². The van der Waals surface area contributed by atoms with Gasteiger partial charge in [0.05, 0.1) is 11.8 Å². The van der Waals surface area contributed by atoms with E-state index in [9.17, 15) is 9.59 Å². The molecule has 1 rings (SSSR count). The smallest absolute Gasteiger partial charge is 0.302 e. The number of carbonyl (C=O) groups excluding carboxylic acids is 2. The Hall–Kier alpha value is -1.78. The van der Waals surface area contributed by atoms with Crippen LogP contribution in [0.25, 0.3) is 0 Å². The highest BCUT2D eigenvalue weighted by atomic mass is 16.5. The number of nitrogens with one attached hydrogen (secondary N) is 1. The minimum Gasteiger partial charge on any atom is -0.469 e. The molecule has 1 atom stereocenters. The predicted octanol–water partition coefficient (Wildman–Crippen LogP) is 1.67. The summed E-state index contributed by atoms with van der Waals surface area (Å²) in [6.07, 6.45) is 2.91. The van der Waals surface area contributed by atoms with Crippen molar-refractivity contribution in [3.05, 3.63) is 24.2 Å². The lowest BCUT2D eigenvalue weighted by molar-refractivity contribution is -0.144. The Morgan fingerprint density at radius 1 is 1.44 bits per heavy atom. The van der Waals surface area contributed by atoms with Crippen LogP contribution in [0, 0.1) is 0 Å². The summed E-state index contributed by atoms with van der Waals surface area (Å²) in [5, 5.41) is 2.82. The van der Waals surface area contributed by atoms with Crippen LogP contribution >= 0.6 is 0 Å². The molecule has 0 aliphatic heterocycles. The number of rotatable bonds is 6. The molecule has 5 heteroatoms. The van der Waals surface area contributed by atoms with E-state index in [1.54, 1.807) is 6.26 Å². The molecule has 0 fully saturated rings. The Bertz CT molecular complexity index is 399. The van der Waals surface area contributed by atoms with E-state index in [4.69, 9.17) is 9.15 Å². The van der Waals surface area contributed by atoms with Gasteiger partial charge in [0, 0.05) is 20.3 Å². The van der Waals surface area contributed by atoms with Gasteiger partial charge in [0.25, 0.3) is 0 Å². The third-order valence-corrected chi connectivity index (χ3v) is 2.58. The number of ether oxygens (including phenoxy) is 1. The number of hydrogen-bond acceptors (Lipinski definition) is 4. The molecule has 18 heavy (non-hydrogen) atoms. The van der Waals surface area contributed by atoms with Crippen LogP contribution in [0.2, 0.25) is 0 Å². The SMILES string of the molecule is CC(=O)N[C@](C)(CCc1ccco1)COC(C)=O. The fourth-order valence-corrected chi connectivity index (χ4v) is 1.71. The first-order chi connectivity index (χ1) is 8.41. The fourth-order valence-electron chi connectivity index (χ4n) is 1.71. The number of furan rings is 1. The zero-order valence-corrected chi connectivity index (χ0v) is 11.0. The Morgan fingerprint density at radius 3 is 2.67 bits per heavy atom. The van der Waals surface area contributed by atoms with Crippen molar-refractivity contribution in [1.29, 1.82) is 0 Å². The summed E-state index contributed by atoms with van der Waals surface area (Å²) in [5.41, 5.74) is -0.579. The molecule has 1 aromatic heterocycles. The molecule has 100 valence electrons. The van der Waals surface area contributed by atoms with Crippen molar-refractivity contribution in [3.63, 3.8) is 0 Å². The van der Waals surface area contributed by atoms with E-state index in [1.165, 1.54) is 13.8 Å². The first kappa shape index (κ1) is 14.3. The van der Waals surface area contributed by atoms with E-state index in [-0.39, 0.29) is 18.5 Å². The molecule has 0 aliphatic rings. The van der Waals surface area contributed by atoms with Crippen molar-refractivity contribution in [1.82, 2.24) is 5.32 Å². The van der Waals surface area contributed by atoms with E-state index in [0.717, 1.165) is 5.76 Å². The fraction of sp³-hybridized carbons (Fsp3) is 0.538. The molecule has 0 unspecified atom stereocenters. The number of hydrogen-bond donors (Lipinski definition) is 1. The van der Waals surface area contributed by atoms with Crippen LogP contribution in [0.3, 0.4) is 0 Å². The van der Waals surface area contributed by atoms with Crippen LogP contribution in [0.15, 0.2) is 22.8 Å². The van der Waals surface area contributed by atoms with E-state index in [1.807, 2.05) is 19.1 Å². The van der Waals surface area contributed by atoms with Gasteiger partial charge in [-0.05, 0) is 25.5 Å². The summed E-state index contributed by atoms with van der Waals surface area (Å²) in [6.45, 7) is 4.79. The maximum Gasteiger partial charge on any atom is 0.302 e. The average molecular weight is 253 g/mol. The Morgan fingerprint density at radius 2 is 2.17 bits per heavy atom. The molecule has 1 amide bonds. The second-order valence-corrected chi connectivity index (χ2v) is 4.60. The Labute approximate surface area is 106 Å². The lowest BCUT2D eigenvalue weighted by Crippen LogP contribution is -2.49. The van der Waals surface area contributed by atoms with Gasteiger partial charge in [-0.3, -0.25) is 9.59 Å². The van der Waals surface area contributed by atoms with E-state index < -0.39 is 5.54 Å². The van der Waals surface area contributed by atoms with Crippen LogP contribution in [-0.2, 0) is 20.7 Å². The number of aryl methyl sites for hydroxylation is 1. The number of amides is 1. The first-order valence-corrected chi connectivity index (χ1v) is 5.86. The highest BCUT2D eigenvalue weighted by molar-refractivity contribution is 5.74. The van der Waals surface area contributed by atoms with E-state index in [2.05, 4.69) is 5.32 Å². The summed E-state index contributed by atoms with van der Waals surface area (Å²) in [6, 6.07) is 3.69. The minimum absolute atomic E-state index is 0.149. The summed E-state index contributed by atoms with van der Waals surface area (Å²) < 4.78 is 10.2. The van der Waals surface area contributed by atoms with Crippen molar-refractivity contribution in [2.24, 2.45) is 0 Å². The number of esters is 1. The van der Waals surface area contributed by atoms with Gasteiger partial charge < -0.3 is 14.5 Å². The zero-order valence-electron chi connectivity index (χ0n) is 11.0. The summed E-state index contributed by atoms with van der Waals surface area (Å²) in [7, 11) is 0. The molecule has 1 heterocycles. The van der Waals surface area contributed by atoms with Gasteiger partial charge in [-0.15, -0.1) is 0 Å². The summed E-state index contributed by atoms with van der Waals surface area (Å²) in [4.78, 5) is 22.0. The molecule has 0 saturated heterocycles. The normalized spacial score (nSPS) is 13.7. The Balaban J connectivity index is 2.58. The predicted molar refractivity (Wildman–Crippen MR) is 65.9 cm³/mol. The van der Waals surface area contributed by atoms with Crippen LogP contribution < -0.4 is 5.32 Å². The van der Waals surface area contributed by atoms with Crippen molar-refractivity contribution in [2.75, 3.05) is 6.61 Å². The van der Waals surface area contributed by atoms with Crippen molar-refractivity contribution >= 4 is 11.9 Å². The summed E-state index contributed by atoms with van der Waals surface area (Å²) >= 11 is 0. The van der Waals surface area contributed by atoms with Crippen molar-refractivity contribution < 1.29 is 18.7 Å². The molecule has 0 saturated carbocycles. The second kappa shape index (κ2) is 6.23. The molecule has 5 nitrogen and oxygen atoms in total. The molecule has 0 radical (unpaired) electrons. The molecular formula is C13H19NO4. The maximum atomic E-state index is 11.2. The van der Waals surface area contributed by atoms with Gasteiger partial charge >= 0.3 is 5.97 Å². The quantitative estimate of drug-likeness (QED) is 0.783. The largest absolute Gasteiger partial charge is 0.469 e. The van der Waals surface area contributed by atoms with Crippen LogP contribution in [0.4, 0.5) is 0 Å². The molecular weight excluding hydrogens is 234 g/mol. The van der Waals surface area contributed by atoms with Gasteiger partial charge in [0.15, 0.2) is 0 Å². The van der Waals surface area contributed by atoms with E-state index in [0.29, 0.717) is 12.8 Å². The topological polar surface area (TPSA) is 68.5 Å². The molecule has 0 bridgehead atoms. The lowest BCUT2D eigenvalue weighted by atomic mass is 9.96. The molecule has 0 spiro atoms. The van der Waals surface area contributed by atoms with Gasteiger partial charge in [-0.2, -0.15) is 0 Å². The molecule has 0 aromatic carbocycles. The van der Waals surface area contributed by atoms with Crippen LogP contribution in [0.5, 0.6) is 0 Å². The minimum atomic E-state index is -0.579. The standard InChI is InChI=1S/C13H19NO4/c1-10(15)14-13(3,9-18-11(2)16)7-6-12-5-4-8-17-12/h4-5,8H,6-7,9H2,1-3H3,(H,14,15)/t13-/m1/s1. The van der Waals surface area contributed by atoms with Crippen LogP contribution in [0.1, 0.15) is 33.0 Å². The monoisotopic (exact) mass is 253 g/mol. The second-order valence-electron chi connectivity index (χ2n) is 4.60. The highest BCUT2D eigenvalue weighted by Gasteiger charge is 2.27. The van der Waals surface area contributed by atoms with Gasteiger partial charge in [0.1, 0.15) is 12.4 Å². The zero-order chi connectivity index (χ0) is 13.6. The lowest BCUT2D eigenvalue weighted by Gasteiger charge is -2.29. The van der Waals surface area contributed by atoms with Gasteiger partial charge in [-0.1, -0.05) is 0 Å². The third kappa shape index (κ3) is 5.03. The molecule has 1 aromatic rings. The highest BCUT2D eigenvalue weighted by Crippen LogP contribution is 2.15. The first-order valence-electron chi connectivity index (χ1n) is 5.86. The molecule has 0 aliphatic carbocycles. The van der Waals surface area contributed by atoms with Gasteiger partial charge in [0.2, 0.25) is 5.91 Å². The van der Waals surface area contributed by atoms with Gasteiger partial charge in [-0.25, -0.2) is 0 Å². The number of carbonyl (C=O) groups is 2. The van der Waals surface area contributed by atoms with Crippen molar-refractivity contribution in [2.45, 2.75) is 39.2 Å². The summed E-state index contributed by atoms with van der Waals surface area (Å²) in [5.74, 6) is 0.336. The van der Waals surface area contributed by atoms with E-state index >= 15 is 0 Å². The average Bonchev–Trinajstić information content (AvgIpc) is 2.76.